The fraction of sp³-hybridized carbons (Fsp3) is 0.706. The van der Waals surface area contributed by atoms with Crippen LogP contribution in [0, 0.1) is 6.92 Å². The molecule has 0 aliphatic carbocycles. The number of aryl methyl sites for hydroxylation is 1. The number of aromatic nitrogens is 2. The third kappa shape index (κ3) is 4.40. The molecule has 1 aromatic heterocycles. The van der Waals surface area contributed by atoms with Crippen LogP contribution in [0.5, 0.6) is 0 Å². The lowest BCUT2D eigenvalue weighted by Gasteiger charge is -2.43. The summed E-state index contributed by atoms with van der Waals surface area (Å²) in [6.45, 7) is 4.30. The van der Waals surface area contributed by atoms with Crippen LogP contribution in [-0.2, 0) is 4.79 Å². The molecule has 0 radical (unpaired) electrons. The number of carbonyl (C=O) groups is 1. The number of aliphatic hydroxyl groups is 1. The lowest BCUT2D eigenvalue weighted by molar-refractivity contribution is -0.139. The van der Waals surface area contributed by atoms with Crippen LogP contribution in [0.1, 0.15) is 44.2 Å². The van der Waals surface area contributed by atoms with Gasteiger partial charge in [0.05, 0.1) is 17.7 Å². The maximum absolute atomic E-state index is 12.6. The Bertz CT molecular complexity index is 754. The number of likely N-dealkylation sites (tertiary alicyclic amines) is 1. The Hall–Kier alpha value is -1.97. The van der Waals surface area contributed by atoms with Crippen molar-refractivity contribution in [1.29, 1.82) is 0 Å². The van der Waals surface area contributed by atoms with E-state index in [4.69, 9.17) is 11.5 Å². The SMILES string of the molecule is Cc1cn([C@@H]2CN(C(=O)[C@@H](N)CCCCN)CC[C@@]2(C)O)c(=O)[nH]c1=O. The normalized spacial score (nSPS) is 24.5. The van der Waals surface area contributed by atoms with Gasteiger partial charge in [0.1, 0.15) is 0 Å². The molecule has 2 rings (SSSR count). The first kappa shape index (κ1) is 20.3. The molecule has 0 bridgehead atoms. The van der Waals surface area contributed by atoms with E-state index in [1.165, 1.54) is 10.8 Å². The largest absolute Gasteiger partial charge is 0.388 e. The second kappa shape index (κ2) is 8.15. The number of amides is 1. The fourth-order valence-electron chi connectivity index (χ4n) is 3.30. The zero-order valence-electron chi connectivity index (χ0n) is 15.4. The standard InChI is InChI=1S/C17H29N5O4/c1-11-9-22(16(25)20-14(11)23)13-10-21(8-6-17(13,2)26)15(24)12(19)5-3-4-7-18/h9,12-13,26H,3-8,10,18-19H2,1-2H3,(H,20,23,25)/t12-,13+,17+/m0/s1. The maximum atomic E-state index is 12.6. The van der Waals surface area contributed by atoms with Crippen molar-refractivity contribution in [1.82, 2.24) is 14.5 Å². The number of nitrogens with one attached hydrogen (secondary N) is 1. The summed E-state index contributed by atoms with van der Waals surface area (Å²) in [5, 5.41) is 10.7. The molecule has 1 aromatic rings. The molecule has 1 fully saturated rings. The first-order valence-electron chi connectivity index (χ1n) is 8.96. The lowest BCUT2D eigenvalue weighted by Crippen LogP contribution is -2.57. The molecule has 6 N–H and O–H groups in total. The molecule has 0 saturated carbocycles. The number of piperidine rings is 1. The Labute approximate surface area is 152 Å². The van der Waals surface area contributed by atoms with Gasteiger partial charge in [-0.1, -0.05) is 6.42 Å². The molecular weight excluding hydrogens is 338 g/mol. The van der Waals surface area contributed by atoms with Gasteiger partial charge in [0.2, 0.25) is 5.91 Å². The van der Waals surface area contributed by atoms with E-state index in [-0.39, 0.29) is 12.5 Å². The number of carbonyl (C=O) groups excluding carboxylic acids is 1. The molecule has 0 spiro atoms. The minimum Gasteiger partial charge on any atom is -0.388 e. The highest BCUT2D eigenvalue weighted by atomic mass is 16.3. The predicted molar refractivity (Wildman–Crippen MR) is 97.8 cm³/mol. The molecule has 0 aromatic carbocycles. The van der Waals surface area contributed by atoms with Crippen molar-refractivity contribution in [2.24, 2.45) is 11.5 Å². The summed E-state index contributed by atoms with van der Waals surface area (Å²) in [6, 6.07) is -1.29. The summed E-state index contributed by atoms with van der Waals surface area (Å²) >= 11 is 0. The molecular formula is C17H29N5O4. The second-order valence-corrected chi connectivity index (χ2v) is 7.28. The maximum Gasteiger partial charge on any atom is 0.328 e. The van der Waals surface area contributed by atoms with Crippen LogP contribution in [-0.4, -0.2) is 56.7 Å². The number of hydrogen-bond donors (Lipinski definition) is 4. The van der Waals surface area contributed by atoms with Gasteiger partial charge in [-0.3, -0.25) is 19.1 Å². The van der Waals surface area contributed by atoms with Crippen LogP contribution in [0.4, 0.5) is 0 Å². The van der Waals surface area contributed by atoms with E-state index in [1.807, 2.05) is 0 Å². The minimum absolute atomic E-state index is 0.155. The van der Waals surface area contributed by atoms with Gasteiger partial charge in [-0.05, 0) is 39.7 Å². The number of nitrogens with two attached hydrogens (primary N) is 2. The van der Waals surface area contributed by atoms with Gasteiger partial charge in [0.15, 0.2) is 0 Å². The quantitative estimate of drug-likeness (QED) is 0.466. The van der Waals surface area contributed by atoms with Crippen molar-refractivity contribution >= 4 is 5.91 Å². The Morgan fingerprint density at radius 2 is 2.15 bits per heavy atom. The molecule has 3 atom stereocenters. The summed E-state index contributed by atoms with van der Waals surface area (Å²) in [5.74, 6) is -0.197. The highest BCUT2D eigenvalue weighted by Gasteiger charge is 2.41. The number of H-pyrrole nitrogens is 1. The summed E-state index contributed by atoms with van der Waals surface area (Å²) in [6.07, 6.45) is 3.87. The number of unbranched alkanes of at least 4 members (excludes halogenated alkanes) is 1. The number of aromatic amines is 1. The highest BCUT2D eigenvalue weighted by Crippen LogP contribution is 2.31. The lowest BCUT2D eigenvalue weighted by atomic mass is 9.87. The molecule has 1 saturated heterocycles. The van der Waals surface area contributed by atoms with Gasteiger partial charge < -0.3 is 21.5 Å². The Morgan fingerprint density at radius 3 is 2.81 bits per heavy atom. The van der Waals surface area contributed by atoms with Gasteiger partial charge >= 0.3 is 5.69 Å². The van der Waals surface area contributed by atoms with Crippen molar-refractivity contribution in [3.8, 4) is 0 Å². The summed E-state index contributed by atoms with van der Waals surface area (Å²) in [7, 11) is 0. The monoisotopic (exact) mass is 367 g/mol. The van der Waals surface area contributed by atoms with Crippen molar-refractivity contribution < 1.29 is 9.90 Å². The smallest absolute Gasteiger partial charge is 0.328 e. The molecule has 1 amide bonds. The number of nitrogens with zero attached hydrogens (tertiary/aromatic N) is 2. The van der Waals surface area contributed by atoms with E-state index in [2.05, 4.69) is 4.98 Å². The Kier molecular flexibility index (Phi) is 6.38. The van der Waals surface area contributed by atoms with Gasteiger partial charge in [-0.15, -0.1) is 0 Å². The average Bonchev–Trinajstić information content (AvgIpc) is 2.58. The molecule has 1 aliphatic rings. The van der Waals surface area contributed by atoms with E-state index >= 15 is 0 Å². The predicted octanol–water partition coefficient (Wildman–Crippen LogP) is -1.17. The number of rotatable bonds is 6. The van der Waals surface area contributed by atoms with Crippen molar-refractivity contribution in [2.75, 3.05) is 19.6 Å². The van der Waals surface area contributed by atoms with Crippen molar-refractivity contribution in [2.45, 2.75) is 57.2 Å². The van der Waals surface area contributed by atoms with Gasteiger partial charge in [-0.25, -0.2) is 4.79 Å². The number of hydrogen-bond acceptors (Lipinski definition) is 6. The topological polar surface area (TPSA) is 147 Å². The van der Waals surface area contributed by atoms with E-state index in [0.717, 1.165) is 12.8 Å². The molecule has 2 heterocycles. The first-order valence-corrected chi connectivity index (χ1v) is 8.96. The van der Waals surface area contributed by atoms with Crippen LogP contribution in [0.3, 0.4) is 0 Å². The van der Waals surface area contributed by atoms with Gasteiger partial charge in [-0.2, -0.15) is 0 Å². The molecule has 26 heavy (non-hydrogen) atoms. The summed E-state index contributed by atoms with van der Waals surface area (Å²) in [4.78, 5) is 40.3. The van der Waals surface area contributed by atoms with Crippen molar-refractivity contribution in [3.05, 3.63) is 32.6 Å². The first-order chi connectivity index (χ1) is 12.2. The summed E-state index contributed by atoms with van der Waals surface area (Å²) < 4.78 is 1.30. The second-order valence-electron chi connectivity index (χ2n) is 7.28. The minimum atomic E-state index is -1.19. The molecule has 9 nitrogen and oxygen atoms in total. The highest BCUT2D eigenvalue weighted by molar-refractivity contribution is 5.81. The molecule has 146 valence electrons. The average molecular weight is 367 g/mol. The van der Waals surface area contributed by atoms with E-state index in [0.29, 0.717) is 31.5 Å². The van der Waals surface area contributed by atoms with E-state index < -0.39 is 28.9 Å². The van der Waals surface area contributed by atoms with Gasteiger partial charge in [0.25, 0.3) is 5.56 Å². The zero-order chi connectivity index (χ0) is 19.5. The van der Waals surface area contributed by atoms with Crippen LogP contribution in [0.15, 0.2) is 15.8 Å². The Morgan fingerprint density at radius 1 is 1.46 bits per heavy atom. The van der Waals surface area contributed by atoms with Crippen LogP contribution < -0.4 is 22.7 Å². The van der Waals surface area contributed by atoms with Crippen LogP contribution in [0.2, 0.25) is 0 Å². The van der Waals surface area contributed by atoms with Crippen molar-refractivity contribution in [3.63, 3.8) is 0 Å². The van der Waals surface area contributed by atoms with Crippen LogP contribution >= 0.6 is 0 Å². The third-order valence-corrected chi connectivity index (χ3v) is 5.08. The van der Waals surface area contributed by atoms with Gasteiger partial charge in [0, 0.05) is 24.8 Å². The third-order valence-electron chi connectivity index (χ3n) is 5.08. The Balaban J connectivity index is 2.21. The molecule has 9 heteroatoms. The zero-order valence-corrected chi connectivity index (χ0v) is 15.4. The molecule has 1 aliphatic heterocycles. The summed E-state index contributed by atoms with van der Waals surface area (Å²) in [5.41, 5.74) is 9.58. The van der Waals surface area contributed by atoms with Crippen LogP contribution in [0.25, 0.3) is 0 Å². The molecule has 0 unspecified atom stereocenters. The fourth-order valence-corrected chi connectivity index (χ4v) is 3.30. The van der Waals surface area contributed by atoms with E-state index in [1.54, 1.807) is 18.7 Å². The van der Waals surface area contributed by atoms with E-state index in [9.17, 15) is 19.5 Å².